The van der Waals surface area contributed by atoms with Crippen LogP contribution in [0.4, 0.5) is 11.4 Å². The number of hydrogen-bond donors (Lipinski definition) is 1. The Kier molecular flexibility index (Phi) is 6.48. The van der Waals surface area contributed by atoms with Gasteiger partial charge >= 0.3 is 5.97 Å². The molecular weight excluding hydrogens is 376 g/mol. The van der Waals surface area contributed by atoms with E-state index >= 15 is 0 Å². The van der Waals surface area contributed by atoms with Crippen molar-refractivity contribution in [1.29, 1.82) is 0 Å². The van der Waals surface area contributed by atoms with Gasteiger partial charge in [-0.25, -0.2) is 4.99 Å². The summed E-state index contributed by atoms with van der Waals surface area (Å²) in [5.74, 6) is 0.382. The molecule has 0 saturated carbocycles. The molecule has 0 spiro atoms. The lowest BCUT2D eigenvalue weighted by Crippen LogP contribution is -2.37. The number of esters is 1. The summed E-state index contributed by atoms with van der Waals surface area (Å²) in [5, 5.41) is 10.8. The Morgan fingerprint density at radius 1 is 1.00 bits per heavy atom. The number of aliphatic hydroxyl groups is 1. The Balaban J connectivity index is 1.46. The molecule has 158 valence electrons. The van der Waals surface area contributed by atoms with Crippen molar-refractivity contribution in [3.63, 3.8) is 0 Å². The molecular formula is C25H30N2O3. The molecule has 5 nitrogen and oxygen atoms in total. The lowest BCUT2D eigenvalue weighted by molar-refractivity contribution is -0.144. The fourth-order valence-electron chi connectivity index (χ4n) is 4.40. The molecule has 2 heterocycles. The van der Waals surface area contributed by atoms with Gasteiger partial charge in [-0.05, 0) is 18.6 Å². The number of carbonyl (C=O) groups excluding carboxylic acids is 1. The molecule has 0 saturated heterocycles. The summed E-state index contributed by atoms with van der Waals surface area (Å²) in [5.41, 5.74) is 3.53. The number of carbonyl (C=O) groups is 1. The van der Waals surface area contributed by atoms with Gasteiger partial charge in [0.15, 0.2) is 0 Å². The smallest absolute Gasteiger partial charge is 0.308 e. The van der Waals surface area contributed by atoms with Crippen LogP contribution in [-0.2, 0) is 9.53 Å². The summed E-state index contributed by atoms with van der Waals surface area (Å²) in [6.45, 7) is 2.68. The Morgan fingerprint density at radius 2 is 1.70 bits per heavy atom. The largest absolute Gasteiger partial charge is 0.466 e. The number of nitrogens with zero attached hydrogens (tertiary/aromatic N) is 2. The first-order valence-corrected chi connectivity index (χ1v) is 11.1. The molecule has 1 N–H and O–H groups in total. The molecule has 4 rings (SSSR count). The predicted octanol–water partition coefficient (Wildman–Crippen LogP) is 5.62. The zero-order valence-electron chi connectivity index (χ0n) is 17.6. The van der Waals surface area contributed by atoms with E-state index in [2.05, 4.69) is 6.92 Å². The van der Waals surface area contributed by atoms with E-state index < -0.39 is 6.10 Å². The molecule has 0 aromatic heterocycles. The maximum absolute atomic E-state index is 12.7. The number of fused-ring (bicyclic) bond motifs is 4. The second-order valence-electron chi connectivity index (χ2n) is 8.07. The van der Waals surface area contributed by atoms with Crippen LogP contribution < -0.4 is 4.90 Å². The van der Waals surface area contributed by atoms with Crippen LogP contribution in [-0.4, -0.2) is 23.5 Å². The molecule has 2 aromatic carbocycles. The van der Waals surface area contributed by atoms with Gasteiger partial charge in [-0.15, -0.1) is 0 Å². The van der Waals surface area contributed by atoms with Gasteiger partial charge in [-0.3, -0.25) is 4.79 Å². The first kappa shape index (κ1) is 20.6. The zero-order valence-corrected chi connectivity index (χ0v) is 17.6. The Morgan fingerprint density at radius 3 is 2.53 bits per heavy atom. The van der Waals surface area contributed by atoms with Crippen molar-refractivity contribution < 1.29 is 14.6 Å². The highest BCUT2D eigenvalue weighted by Crippen LogP contribution is 2.48. The number of hydrogen-bond acceptors (Lipinski definition) is 5. The van der Waals surface area contributed by atoms with Crippen LogP contribution in [0.15, 0.2) is 53.5 Å². The molecule has 2 atom stereocenters. The average Bonchev–Trinajstić information content (AvgIpc) is 3.05. The summed E-state index contributed by atoms with van der Waals surface area (Å²) >= 11 is 0. The quantitative estimate of drug-likeness (QED) is 0.434. The minimum Gasteiger partial charge on any atom is -0.466 e. The van der Waals surface area contributed by atoms with Crippen molar-refractivity contribution in [2.45, 2.75) is 64.0 Å². The number of rotatable bonds is 9. The summed E-state index contributed by atoms with van der Waals surface area (Å²) in [7, 11) is 0. The third-order valence-electron chi connectivity index (χ3n) is 5.95. The lowest BCUT2D eigenvalue weighted by atomic mass is 9.98. The van der Waals surface area contributed by atoms with E-state index in [4.69, 9.17) is 9.73 Å². The Labute approximate surface area is 178 Å². The highest BCUT2D eigenvalue weighted by atomic mass is 16.5. The topological polar surface area (TPSA) is 62.1 Å². The Hall–Kier alpha value is -2.66. The zero-order chi connectivity index (χ0) is 20.9. The van der Waals surface area contributed by atoms with E-state index in [1.165, 1.54) is 25.7 Å². The van der Waals surface area contributed by atoms with Crippen molar-refractivity contribution in [2.75, 3.05) is 11.5 Å². The van der Waals surface area contributed by atoms with Gasteiger partial charge in [0, 0.05) is 16.8 Å². The fraction of sp³-hybridized carbons (Fsp3) is 0.440. The fourth-order valence-corrected chi connectivity index (χ4v) is 4.40. The molecule has 0 bridgehead atoms. The highest BCUT2D eigenvalue weighted by Gasteiger charge is 2.42. The van der Waals surface area contributed by atoms with Crippen molar-refractivity contribution >= 4 is 23.2 Å². The number of amidine groups is 1. The minimum absolute atomic E-state index is 0.205. The average molecular weight is 407 g/mol. The molecule has 2 aromatic rings. The predicted molar refractivity (Wildman–Crippen MR) is 119 cm³/mol. The monoisotopic (exact) mass is 406 g/mol. The SMILES string of the molecule is CCCCCCCCOC(=O)CC1c2ccccc2N=C2C(O)c3ccccc3N21. The number of aliphatic imine (C=N–C) groups is 1. The van der Waals surface area contributed by atoms with E-state index in [0.29, 0.717) is 12.4 Å². The standard InChI is InChI=1S/C25H30N2O3/c1-2-3-4-5-6-11-16-30-23(28)17-22-18-12-7-9-14-20(18)26-25-24(29)19-13-8-10-15-21(19)27(22)25/h7-10,12-15,22,24,29H,2-6,11,16-17H2,1H3. The van der Waals surface area contributed by atoms with Crippen molar-refractivity contribution in [2.24, 2.45) is 4.99 Å². The third kappa shape index (κ3) is 4.12. The van der Waals surface area contributed by atoms with E-state index in [-0.39, 0.29) is 18.4 Å². The van der Waals surface area contributed by atoms with E-state index in [1.807, 2.05) is 53.4 Å². The number of unbranched alkanes of at least 4 members (excludes halogenated alkanes) is 5. The number of para-hydroxylation sites is 2. The second kappa shape index (κ2) is 9.43. The molecule has 5 heteroatoms. The summed E-state index contributed by atoms with van der Waals surface area (Å²) < 4.78 is 5.56. The van der Waals surface area contributed by atoms with Gasteiger partial charge in [-0.1, -0.05) is 75.4 Å². The van der Waals surface area contributed by atoms with E-state index in [9.17, 15) is 9.90 Å². The van der Waals surface area contributed by atoms with Crippen LogP contribution in [0.25, 0.3) is 0 Å². The first-order chi connectivity index (χ1) is 14.7. The molecule has 2 aliphatic heterocycles. The molecule has 30 heavy (non-hydrogen) atoms. The molecule has 0 fully saturated rings. The van der Waals surface area contributed by atoms with Crippen molar-refractivity contribution in [3.05, 3.63) is 59.7 Å². The summed E-state index contributed by atoms with van der Waals surface area (Å²) in [6, 6.07) is 15.4. The van der Waals surface area contributed by atoms with Crippen LogP contribution in [0.3, 0.4) is 0 Å². The van der Waals surface area contributed by atoms with Gasteiger partial charge in [-0.2, -0.15) is 0 Å². The van der Waals surface area contributed by atoms with Crippen LogP contribution in [0.1, 0.15) is 75.1 Å². The van der Waals surface area contributed by atoms with Gasteiger partial charge < -0.3 is 14.7 Å². The molecule has 2 unspecified atom stereocenters. The Bertz CT molecular complexity index is 924. The highest BCUT2D eigenvalue weighted by molar-refractivity contribution is 6.10. The first-order valence-electron chi connectivity index (χ1n) is 11.1. The number of anilines is 1. The third-order valence-corrected chi connectivity index (χ3v) is 5.95. The van der Waals surface area contributed by atoms with Crippen LogP contribution in [0, 0.1) is 0 Å². The van der Waals surface area contributed by atoms with Crippen LogP contribution >= 0.6 is 0 Å². The van der Waals surface area contributed by atoms with E-state index in [0.717, 1.165) is 35.3 Å². The normalized spacial score (nSPS) is 19.0. The minimum atomic E-state index is -0.781. The molecule has 0 aliphatic carbocycles. The molecule has 0 radical (unpaired) electrons. The maximum atomic E-state index is 12.7. The number of benzene rings is 2. The van der Waals surface area contributed by atoms with Gasteiger partial charge in [0.2, 0.25) is 0 Å². The van der Waals surface area contributed by atoms with Crippen LogP contribution in [0.2, 0.25) is 0 Å². The van der Waals surface area contributed by atoms with E-state index in [1.54, 1.807) is 0 Å². The van der Waals surface area contributed by atoms with Crippen molar-refractivity contribution in [1.82, 2.24) is 0 Å². The van der Waals surface area contributed by atoms with Gasteiger partial charge in [0.25, 0.3) is 0 Å². The molecule has 2 aliphatic rings. The summed E-state index contributed by atoms with van der Waals surface area (Å²) in [4.78, 5) is 19.4. The number of aliphatic hydroxyl groups excluding tert-OH is 1. The summed E-state index contributed by atoms with van der Waals surface area (Å²) in [6.07, 6.45) is 6.41. The lowest BCUT2D eigenvalue weighted by Gasteiger charge is -2.34. The van der Waals surface area contributed by atoms with Crippen molar-refractivity contribution in [3.8, 4) is 0 Å². The van der Waals surface area contributed by atoms with Gasteiger partial charge in [0.1, 0.15) is 11.9 Å². The molecule has 0 amide bonds. The van der Waals surface area contributed by atoms with Crippen LogP contribution in [0.5, 0.6) is 0 Å². The maximum Gasteiger partial charge on any atom is 0.308 e. The number of ether oxygens (including phenoxy) is 1. The second-order valence-corrected chi connectivity index (χ2v) is 8.07. The van der Waals surface area contributed by atoms with Gasteiger partial charge in [0.05, 0.1) is 24.8 Å².